The van der Waals surface area contributed by atoms with E-state index in [1.165, 1.54) is 18.4 Å². The predicted molar refractivity (Wildman–Crippen MR) is 133 cm³/mol. The maximum Gasteiger partial charge on any atom is 0.227 e. The highest BCUT2D eigenvalue weighted by Gasteiger charge is 2.20. The van der Waals surface area contributed by atoms with Crippen LogP contribution in [0.25, 0.3) is 22.5 Å². The molecule has 4 aromatic rings. The van der Waals surface area contributed by atoms with Crippen LogP contribution >= 0.6 is 0 Å². The van der Waals surface area contributed by atoms with Gasteiger partial charge >= 0.3 is 0 Å². The Morgan fingerprint density at radius 3 is 2.68 bits per heavy atom. The van der Waals surface area contributed by atoms with Crippen LogP contribution in [0.2, 0.25) is 0 Å². The Labute approximate surface area is 199 Å². The standard InChI is InChI=1S/C26H29N7O/c1-34-16-15-33-13-9-20(10-14-33)19-4-6-22(7-5-19)30-26-28-12-8-24(31-26)23-18-29-32-25(23)21-3-2-11-27-17-21/h2-8,11-12,17-18,20H,9-10,13-16H2,1H3,(H,29,32)(H,28,30,31). The van der Waals surface area contributed by atoms with Crippen molar-refractivity contribution in [1.29, 1.82) is 0 Å². The van der Waals surface area contributed by atoms with E-state index in [0.29, 0.717) is 11.9 Å². The summed E-state index contributed by atoms with van der Waals surface area (Å²) in [6.07, 6.45) is 9.48. The second-order valence-corrected chi connectivity index (χ2v) is 8.52. The van der Waals surface area contributed by atoms with Crippen molar-refractivity contribution in [1.82, 2.24) is 30.0 Å². The van der Waals surface area contributed by atoms with Gasteiger partial charge in [0.25, 0.3) is 0 Å². The van der Waals surface area contributed by atoms with Crippen molar-refractivity contribution in [2.45, 2.75) is 18.8 Å². The minimum Gasteiger partial charge on any atom is -0.383 e. The number of rotatable bonds is 8. The fourth-order valence-electron chi connectivity index (χ4n) is 4.46. The molecular weight excluding hydrogens is 426 g/mol. The van der Waals surface area contributed by atoms with Crippen LogP contribution in [0, 0.1) is 0 Å². The fraction of sp³-hybridized carbons (Fsp3) is 0.308. The summed E-state index contributed by atoms with van der Waals surface area (Å²) in [5.41, 5.74) is 5.91. The van der Waals surface area contributed by atoms with Crippen molar-refractivity contribution in [3.63, 3.8) is 0 Å². The molecule has 1 aliphatic heterocycles. The number of H-pyrrole nitrogens is 1. The number of piperidine rings is 1. The Hall–Kier alpha value is -3.62. The van der Waals surface area contributed by atoms with Crippen molar-refractivity contribution < 1.29 is 4.74 Å². The lowest BCUT2D eigenvalue weighted by atomic mass is 9.89. The van der Waals surface area contributed by atoms with Crippen LogP contribution in [0.5, 0.6) is 0 Å². The van der Waals surface area contributed by atoms with Gasteiger partial charge in [-0.1, -0.05) is 12.1 Å². The molecule has 0 radical (unpaired) electrons. The van der Waals surface area contributed by atoms with E-state index < -0.39 is 0 Å². The minimum atomic E-state index is 0.551. The number of hydrogen-bond acceptors (Lipinski definition) is 7. The SMILES string of the molecule is COCCN1CCC(c2ccc(Nc3nccc(-c4cn[nH]c4-c4cccnc4)n3)cc2)CC1. The number of anilines is 2. The van der Waals surface area contributed by atoms with Crippen molar-refractivity contribution in [2.24, 2.45) is 0 Å². The molecule has 5 rings (SSSR count). The highest BCUT2D eigenvalue weighted by atomic mass is 16.5. The van der Waals surface area contributed by atoms with E-state index in [-0.39, 0.29) is 0 Å². The highest BCUT2D eigenvalue weighted by molar-refractivity contribution is 5.78. The molecule has 8 heteroatoms. The monoisotopic (exact) mass is 455 g/mol. The Bertz CT molecular complexity index is 1190. The number of hydrogen-bond donors (Lipinski definition) is 2. The van der Waals surface area contributed by atoms with Gasteiger partial charge in [-0.25, -0.2) is 9.97 Å². The molecule has 0 bridgehead atoms. The van der Waals surface area contributed by atoms with E-state index in [4.69, 9.17) is 9.72 Å². The fourth-order valence-corrected chi connectivity index (χ4v) is 4.46. The average molecular weight is 456 g/mol. The number of aromatic nitrogens is 5. The van der Waals surface area contributed by atoms with E-state index in [1.807, 2.05) is 24.4 Å². The summed E-state index contributed by atoms with van der Waals surface area (Å²) in [7, 11) is 1.76. The van der Waals surface area contributed by atoms with Crippen LogP contribution in [0.3, 0.4) is 0 Å². The number of ether oxygens (including phenoxy) is 1. The first-order valence-electron chi connectivity index (χ1n) is 11.7. The number of methoxy groups -OCH3 is 1. The van der Waals surface area contributed by atoms with Gasteiger partial charge in [0.05, 0.1) is 24.2 Å². The number of likely N-dealkylation sites (tertiary alicyclic amines) is 1. The van der Waals surface area contributed by atoms with Gasteiger partial charge in [0.2, 0.25) is 5.95 Å². The second-order valence-electron chi connectivity index (χ2n) is 8.52. The van der Waals surface area contributed by atoms with Crippen LogP contribution in [0.15, 0.2) is 67.3 Å². The van der Waals surface area contributed by atoms with Gasteiger partial charge in [-0.3, -0.25) is 10.1 Å². The van der Waals surface area contributed by atoms with Gasteiger partial charge in [0, 0.05) is 49.1 Å². The molecule has 0 amide bonds. The summed E-state index contributed by atoms with van der Waals surface area (Å²) in [6, 6.07) is 14.5. The first kappa shape index (κ1) is 22.2. The third-order valence-corrected chi connectivity index (χ3v) is 6.36. The smallest absolute Gasteiger partial charge is 0.227 e. The van der Waals surface area contributed by atoms with E-state index in [2.05, 4.69) is 54.6 Å². The molecule has 0 unspecified atom stereocenters. The number of nitrogens with one attached hydrogen (secondary N) is 2. The average Bonchev–Trinajstić information content (AvgIpc) is 3.39. The molecule has 0 spiro atoms. The van der Waals surface area contributed by atoms with Gasteiger partial charge in [0.15, 0.2) is 0 Å². The molecule has 1 fully saturated rings. The van der Waals surface area contributed by atoms with Crippen LogP contribution in [-0.2, 0) is 4.74 Å². The van der Waals surface area contributed by atoms with Crippen molar-refractivity contribution in [2.75, 3.05) is 38.7 Å². The van der Waals surface area contributed by atoms with Crippen LogP contribution < -0.4 is 5.32 Å². The lowest BCUT2D eigenvalue weighted by Gasteiger charge is -2.32. The van der Waals surface area contributed by atoms with Gasteiger partial charge in [-0.05, 0) is 67.7 Å². The van der Waals surface area contributed by atoms with E-state index in [9.17, 15) is 0 Å². The Morgan fingerprint density at radius 1 is 1.06 bits per heavy atom. The van der Waals surface area contributed by atoms with Gasteiger partial charge < -0.3 is 15.0 Å². The number of nitrogens with zero attached hydrogens (tertiary/aromatic N) is 5. The lowest BCUT2D eigenvalue weighted by Crippen LogP contribution is -2.35. The zero-order chi connectivity index (χ0) is 23.2. The van der Waals surface area contributed by atoms with Gasteiger partial charge in [-0.15, -0.1) is 0 Å². The summed E-state index contributed by atoms with van der Waals surface area (Å²) in [4.78, 5) is 15.8. The zero-order valence-electron chi connectivity index (χ0n) is 19.3. The molecule has 2 N–H and O–H groups in total. The molecule has 3 aromatic heterocycles. The lowest BCUT2D eigenvalue weighted by molar-refractivity contribution is 0.130. The quantitative estimate of drug-likeness (QED) is 0.404. The normalized spacial score (nSPS) is 14.9. The molecule has 0 saturated carbocycles. The van der Waals surface area contributed by atoms with Crippen LogP contribution in [0.1, 0.15) is 24.3 Å². The van der Waals surface area contributed by atoms with E-state index in [0.717, 1.165) is 54.4 Å². The summed E-state index contributed by atoms with van der Waals surface area (Å²) >= 11 is 0. The molecule has 8 nitrogen and oxygen atoms in total. The maximum absolute atomic E-state index is 5.21. The summed E-state index contributed by atoms with van der Waals surface area (Å²) in [5, 5.41) is 10.6. The largest absolute Gasteiger partial charge is 0.383 e. The van der Waals surface area contributed by atoms with Crippen molar-refractivity contribution in [3.8, 4) is 22.5 Å². The van der Waals surface area contributed by atoms with Crippen LogP contribution in [0.4, 0.5) is 11.6 Å². The highest BCUT2D eigenvalue weighted by Crippen LogP contribution is 2.30. The third-order valence-electron chi connectivity index (χ3n) is 6.36. The molecule has 1 aromatic carbocycles. The molecule has 174 valence electrons. The summed E-state index contributed by atoms with van der Waals surface area (Å²) in [5.74, 6) is 1.16. The molecule has 0 aliphatic carbocycles. The predicted octanol–water partition coefficient (Wildman–Crippen LogP) is 4.50. The van der Waals surface area contributed by atoms with Crippen LogP contribution in [-0.4, -0.2) is 63.4 Å². The van der Waals surface area contributed by atoms with E-state index in [1.54, 1.807) is 25.7 Å². The van der Waals surface area contributed by atoms with Crippen molar-refractivity contribution >= 4 is 11.6 Å². The first-order chi connectivity index (χ1) is 16.8. The Morgan fingerprint density at radius 2 is 1.91 bits per heavy atom. The maximum atomic E-state index is 5.21. The molecular formula is C26H29N7O. The molecule has 34 heavy (non-hydrogen) atoms. The topological polar surface area (TPSA) is 91.8 Å². The third kappa shape index (κ3) is 5.13. The second kappa shape index (κ2) is 10.5. The van der Waals surface area contributed by atoms with Crippen molar-refractivity contribution in [3.05, 3.63) is 72.8 Å². The number of aromatic amines is 1. The first-order valence-corrected chi connectivity index (χ1v) is 11.7. The Balaban J connectivity index is 1.25. The van der Waals surface area contributed by atoms with Gasteiger partial charge in [0.1, 0.15) is 0 Å². The van der Waals surface area contributed by atoms with Gasteiger partial charge in [-0.2, -0.15) is 5.10 Å². The molecule has 0 atom stereocenters. The molecule has 1 aliphatic rings. The molecule has 1 saturated heterocycles. The minimum absolute atomic E-state index is 0.551. The molecule has 4 heterocycles. The summed E-state index contributed by atoms with van der Waals surface area (Å²) in [6.45, 7) is 4.08. The van der Waals surface area contributed by atoms with E-state index >= 15 is 0 Å². The summed E-state index contributed by atoms with van der Waals surface area (Å²) < 4.78 is 5.21. The zero-order valence-corrected chi connectivity index (χ0v) is 19.3. The Kier molecular flexibility index (Phi) is 6.88. The number of benzene rings is 1. The number of pyridine rings is 1.